The van der Waals surface area contributed by atoms with Gasteiger partial charge in [0, 0.05) is 17.5 Å². The molecule has 1 aromatic rings. The Hall–Kier alpha value is -1.26. The predicted octanol–water partition coefficient (Wildman–Crippen LogP) is 2.16. The standard InChI is InChI=1S/C17H26N2O2/c1-19-9-8-17(7-6-13(18)11-16(17)19)12-4-5-14(20-2)15(10-12)21-3/h4-5,10,13,16H,6-9,11,18H2,1-3H3/t13?,16-,17-/m0/s1. The number of nitrogens with zero attached hydrogens (tertiary/aromatic N) is 1. The van der Waals surface area contributed by atoms with E-state index in [0.29, 0.717) is 12.1 Å². The average Bonchev–Trinajstić information content (AvgIpc) is 2.85. The summed E-state index contributed by atoms with van der Waals surface area (Å²) in [4.78, 5) is 2.48. The van der Waals surface area contributed by atoms with Gasteiger partial charge in [0.05, 0.1) is 14.2 Å². The molecule has 116 valence electrons. The quantitative estimate of drug-likeness (QED) is 0.926. The van der Waals surface area contributed by atoms with Gasteiger partial charge in [-0.2, -0.15) is 0 Å². The predicted molar refractivity (Wildman–Crippen MR) is 84.1 cm³/mol. The van der Waals surface area contributed by atoms with Gasteiger partial charge in [0.15, 0.2) is 11.5 Å². The molecule has 21 heavy (non-hydrogen) atoms. The maximum absolute atomic E-state index is 6.22. The minimum Gasteiger partial charge on any atom is -0.493 e. The number of hydrogen-bond donors (Lipinski definition) is 1. The summed E-state index contributed by atoms with van der Waals surface area (Å²) in [6.45, 7) is 1.14. The van der Waals surface area contributed by atoms with Crippen LogP contribution in [0.2, 0.25) is 0 Å². The molecule has 4 nitrogen and oxygen atoms in total. The minimum atomic E-state index is 0.226. The van der Waals surface area contributed by atoms with Crippen molar-refractivity contribution < 1.29 is 9.47 Å². The highest BCUT2D eigenvalue weighted by molar-refractivity contribution is 5.46. The Bertz CT molecular complexity index is 520. The Morgan fingerprint density at radius 3 is 2.67 bits per heavy atom. The Balaban J connectivity index is 2.01. The zero-order valence-electron chi connectivity index (χ0n) is 13.3. The van der Waals surface area contributed by atoms with Gasteiger partial charge < -0.3 is 20.1 Å². The van der Waals surface area contributed by atoms with E-state index in [0.717, 1.165) is 30.9 Å². The van der Waals surface area contributed by atoms with E-state index in [4.69, 9.17) is 15.2 Å². The second-order valence-corrected chi connectivity index (χ2v) is 6.51. The zero-order valence-corrected chi connectivity index (χ0v) is 13.3. The third-order valence-electron chi connectivity index (χ3n) is 5.53. The maximum atomic E-state index is 6.22. The van der Waals surface area contributed by atoms with Crippen LogP contribution in [0.25, 0.3) is 0 Å². The van der Waals surface area contributed by atoms with Crippen molar-refractivity contribution in [3.63, 3.8) is 0 Å². The van der Waals surface area contributed by atoms with Crippen molar-refractivity contribution in [2.75, 3.05) is 27.8 Å². The highest BCUT2D eigenvalue weighted by Crippen LogP contribution is 2.49. The maximum Gasteiger partial charge on any atom is 0.161 e. The fraction of sp³-hybridized carbons (Fsp3) is 0.647. The molecule has 0 bridgehead atoms. The summed E-state index contributed by atoms with van der Waals surface area (Å²) in [5.74, 6) is 1.63. The summed E-state index contributed by atoms with van der Waals surface area (Å²) < 4.78 is 10.9. The summed E-state index contributed by atoms with van der Waals surface area (Å²) >= 11 is 0. The van der Waals surface area contributed by atoms with Crippen LogP contribution < -0.4 is 15.2 Å². The van der Waals surface area contributed by atoms with E-state index in [1.54, 1.807) is 14.2 Å². The van der Waals surface area contributed by atoms with E-state index in [1.807, 2.05) is 6.07 Å². The number of fused-ring (bicyclic) bond motifs is 1. The zero-order chi connectivity index (χ0) is 15.0. The van der Waals surface area contributed by atoms with Crippen LogP contribution in [0, 0.1) is 0 Å². The van der Waals surface area contributed by atoms with E-state index in [2.05, 4.69) is 24.1 Å². The van der Waals surface area contributed by atoms with Crippen LogP contribution in [0.1, 0.15) is 31.2 Å². The molecule has 3 atom stereocenters. The Morgan fingerprint density at radius 1 is 1.19 bits per heavy atom. The number of rotatable bonds is 3. The topological polar surface area (TPSA) is 47.7 Å². The molecule has 0 aromatic heterocycles. The lowest BCUT2D eigenvalue weighted by Gasteiger charge is -2.44. The van der Waals surface area contributed by atoms with Crippen molar-refractivity contribution >= 4 is 0 Å². The van der Waals surface area contributed by atoms with Gasteiger partial charge in [0.2, 0.25) is 0 Å². The summed E-state index contributed by atoms with van der Waals surface area (Å²) in [5.41, 5.74) is 7.82. The Morgan fingerprint density at radius 2 is 1.95 bits per heavy atom. The van der Waals surface area contributed by atoms with E-state index in [9.17, 15) is 0 Å². The van der Waals surface area contributed by atoms with Gasteiger partial charge in [-0.05, 0) is 57.0 Å². The second kappa shape index (κ2) is 5.50. The van der Waals surface area contributed by atoms with E-state index in [1.165, 1.54) is 18.4 Å². The van der Waals surface area contributed by atoms with Gasteiger partial charge in [-0.3, -0.25) is 0 Å². The molecule has 0 radical (unpaired) electrons. The normalized spacial score (nSPS) is 32.8. The largest absolute Gasteiger partial charge is 0.493 e. The number of methoxy groups -OCH3 is 2. The summed E-state index contributed by atoms with van der Waals surface area (Å²) in [5, 5.41) is 0. The summed E-state index contributed by atoms with van der Waals surface area (Å²) in [7, 11) is 5.61. The number of ether oxygens (including phenoxy) is 2. The molecule has 1 saturated heterocycles. The molecule has 1 aliphatic heterocycles. The lowest BCUT2D eigenvalue weighted by Crippen LogP contribution is -2.49. The highest BCUT2D eigenvalue weighted by Gasteiger charge is 2.49. The molecule has 2 N–H and O–H groups in total. The second-order valence-electron chi connectivity index (χ2n) is 6.51. The molecule has 1 aliphatic carbocycles. The van der Waals surface area contributed by atoms with Crippen LogP contribution in [0.5, 0.6) is 11.5 Å². The fourth-order valence-corrected chi connectivity index (χ4v) is 4.29. The van der Waals surface area contributed by atoms with Gasteiger partial charge >= 0.3 is 0 Å². The van der Waals surface area contributed by atoms with Crippen LogP contribution >= 0.6 is 0 Å². The first-order valence-corrected chi connectivity index (χ1v) is 7.79. The van der Waals surface area contributed by atoms with Crippen LogP contribution in [0.15, 0.2) is 18.2 Å². The monoisotopic (exact) mass is 290 g/mol. The molecule has 2 aliphatic rings. The van der Waals surface area contributed by atoms with Gasteiger partial charge in [-0.15, -0.1) is 0 Å². The van der Waals surface area contributed by atoms with Crippen LogP contribution in [0.3, 0.4) is 0 Å². The average molecular weight is 290 g/mol. The van der Waals surface area contributed by atoms with Crippen molar-refractivity contribution in [2.24, 2.45) is 5.73 Å². The number of likely N-dealkylation sites (N-methyl/N-ethyl adjacent to an activating group) is 1. The molecule has 1 heterocycles. The smallest absolute Gasteiger partial charge is 0.161 e. The third-order valence-corrected chi connectivity index (χ3v) is 5.53. The number of likely N-dealkylation sites (tertiary alicyclic amines) is 1. The van der Waals surface area contributed by atoms with Crippen LogP contribution in [-0.2, 0) is 5.41 Å². The molecule has 1 saturated carbocycles. The third kappa shape index (κ3) is 2.30. The molecule has 0 spiro atoms. The highest BCUT2D eigenvalue weighted by atomic mass is 16.5. The lowest BCUT2D eigenvalue weighted by atomic mass is 9.65. The molecule has 3 rings (SSSR count). The summed E-state index contributed by atoms with van der Waals surface area (Å²) in [6, 6.07) is 7.29. The van der Waals surface area contributed by atoms with Gasteiger partial charge in [-0.1, -0.05) is 6.07 Å². The van der Waals surface area contributed by atoms with Crippen molar-refractivity contribution in [1.29, 1.82) is 0 Å². The van der Waals surface area contributed by atoms with Crippen molar-refractivity contribution in [3.8, 4) is 11.5 Å². The first-order valence-electron chi connectivity index (χ1n) is 7.79. The molecule has 4 heteroatoms. The Kier molecular flexibility index (Phi) is 3.84. The number of hydrogen-bond acceptors (Lipinski definition) is 4. The van der Waals surface area contributed by atoms with Crippen molar-refractivity contribution in [3.05, 3.63) is 23.8 Å². The van der Waals surface area contributed by atoms with Crippen LogP contribution in [0.4, 0.5) is 0 Å². The van der Waals surface area contributed by atoms with E-state index in [-0.39, 0.29) is 5.41 Å². The Labute approximate surface area is 127 Å². The molecular formula is C17H26N2O2. The molecular weight excluding hydrogens is 264 g/mol. The van der Waals surface area contributed by atoms with Crippen molar-refractivity contribution in [2.45, 2.75) is 43.2 Å². The van der Waals surface area contributed by atoms with Crippen LogP contribution in [-0.4, -0.2) is 44.8 Å². The molecule has 1 unspecified atom stereocenters. The first-order chi connectivity index (χ1) is 10.1. The number of benzene rings is 1. The SMILES string of the molecule is COc1ccc([C@@]23CCC(N)C[C@@H]2N(C)CC3)cc1OC. The lowest BCUT2D eigenvalue weighted by molar-refractivity contribution is 0.167. The minimum absolute atomic E-state index is 0.226. The van der Waals surface area contributed by atoms with E-state index >= 15 is 0 Å². The molecule has 0 amide bonds. The molecule has 2 fully saturated rings. The van der Waals surface area contributed by atoms with E-state index < -0.39 is 0 Å². The number of nitrogens with two attached hydrogens (primary N) is 1. The summed E-state index contributed by atoms with van der Waals surface area (Å²) in [6.07, 6.45) is 4.57. The molecule has 1 aromatic carbocycles. The van der Waals surface area contributed by atoms with Crippen molar-refractivity contribution in [1.82, 2.24) is 4.90 Å². The van der Waals surface area contributed by atoms with Gasteiger partial charge in [0.25, 0.3) is 0 Å². The fourth-order valence-electron chi connectivity index (χ4n) is 4.29. The van der Waals surface area contributed by atoms with Gasteiger partial charge in [0.1, 0.15) is 0 Å². The first kappa shape index (κ1) is 14.7. The van der Waals surface area contributed by atoms with Gasteiger partial charge in [-0.25, -0.2) is 0 Å².